The number of rotatable bonds is 6. The number of aromatic nitrogens is 1. The molecular weight excluding hydrogens is 278 g/mol. The normalized spacial score (nSPS) is 20.0. The molecule has 1 aliphatic heterocycles. The molecule has 0 aliphatic carbocycles. The van der Waals surface area contributed by atoms with Gasteiger partial charge in [0.25, 0.3) is 0 Å². The summed E-state index contributed by atoms with van der Waals surface area (Å²) >= 11 is 1.90. The molecule has 0 spiro atoms. The van der Waals surface area contributed by atoms with Gasteiger partial charge in [-0.2, -0.15) is 0 Å². The molecule has 1 fully saturated rings. The maximum Gasteiger partial charge on any atom is 0.185 e. The molecule has 1 N–H and O–H groups in total. The maximum atomic E-state index is 4.98. The SMILES string of the molecule is CCNCc1sc(N2CCCC(CC)CC2)nc1C(C)C. The van der Waals surface area contributed by atoms with E-state index in [0.29, 0.717) is 5.92 Å². The number of nitrogens with zero attached hydrogens (tertiary/aromatic N) is 2. The molecule has 0 amide bonds. The highest BCUT2D eigenvalue weighted by molar-refractivity contribution is 7.15. The van der Waals surface area contributed by atoms with Crippen LogP contribution >= 0.6 is 11.3 Å². The Hall–Kier alpha value is -0.610. The molecule has 120 valence electrons. The summed E-state index contributed by atoms with van der Waals surface area (Å²) in [5.74, 6) is 1.43. The Bertz CT molecular complexity index is 428. The lowest BCUT2D eigenvalue weighted by atomic mass is 9.98. The lowest BCUT2D eigenvalue weighted by Gasteiger charge is -2.19. The van der Waals surface area contributed by atoms with E-state index in [1.807, 2.05) is 11.3 Å². The molecule has 1 atom stereocenters. The third-order valence-corrected chi connectivity index (χ3v) is 5.63. The van der Waals surface area contributed by atoms with Crippen molar-refractivity contribution >= 4 is 16.5 Å². The van der Waals surface area contributed by atoms with Gasteiger partial charge in [0.2, 0.25) is 0 Å². The van der Waals surface area contributed by atoms with Crippen molar-refractivity contribution in [1.29, 1.82) is 0 Å². The second-order valence-electron chi connectivity index (χ2n) is 6.43. The van der Waals surface area contributed by atoms with Crippen molar-refractivity contribution in [3.63, 3.8) is 0 Å². The summed E-state index contributed by atoms with van der Waals surface area (Å²) in [4.78, 5) is 8.94. The largest absolute Gasteiger partial charge is 0.348 e. The molecule has 0 bridgehead atoms. The van der Waals surface area contributed by atoms with E-state index in [1.54, 1.807) is 0 Å². The van der Waals surface area contributed by atoms with E-state index in [0.717, 1.165) is 19.0 Å². The van der Waals surface area contributed by atoms with Crippen LogP contribution in [0, 0.1) is 5.92 Å². The van der Waals surface area contributed by atoms with Gasteiger partial charge < -0.3 is 10.2 Å². The van der Waals surface area contributed by atoms with Crippen molar-refractivity contribution in [1.82, 2.24) is 10.3 Å². The molecule has 1 aliphatic rings. The van der Waals surface area contributed by atoms with Crippen molar-refractivity contribution in [3.8, 4) is 0 Å². The molecule has 2 rings (SSSR count). The average Bonchev–Trinajstić information content (AvgIpc) is 2.75. The first kappa shape index (κ1) is 16.8. The third kappa shape index (κ3) is 4.43. The first-order valence-corrected chi connectivity index (χ1v) is 9.42. The van der Waals surface area contributed by atoms with Gasteiger partial charge in [-0.3, -0.25) is 0 Å². The third-order valence-electron chi connectivity index (χ3n) is 4.49. The highest BCUT2D eigenvalue weighted by Gasteiger charge is 2.21. The lowest BCUT2D eigenvalue weighted by Crippen LogP contribution is -2.24. The van der Waals surface area contributed by atoms with Crippen molar-refractivity contribution < 1.29 is 0 Å². The minimum atomic E-state index is 0.513. The number of hydrogen-bond acceptors (Lipinski definition) is 4. The Morgan fingerprint density at radius 3 is 2.76 bits per heavy atom. The van der Waals surface area contributed by atoms with Gasteiger partial charge in [0.15, 0.2) is 5.13 Å². The predicted octanol–water partition coefficient (Wildman–Crippen LogP) is 4.39. The van der Waals surface area contributed by atoms with E-state index in [1.165, 1.54) is 54.5 Å². The Morgan fingerprint density at radius 2 is 2.10 bits per heavy atom. The first-order chi connectivity index (χ1) is 10.2. The van der Waals surface area contributed by atoms with E-state index in [4.69, 9.17) is 4.98 Å². The fourth-order valence-electron chi connectivity index (χ4n) is 3.07. The van der Waals surface area contributed by atoms with Gasteiger partial charge in [0.05, 0.1) is 5.69 Å². The Morgan fingerprint density at radius 1 is 1.29 bits per heavy atom. The summed E-state index contributed by atoms with van der Waals surface area (Å²) in [6, 6.07) is 0. The summed E-state index contributed by atoms with van der Waals surface area (Å²) in [6.45, 7) is 13.4. The van der Waals surface area contributed by atoms with E-state index < -0.39 is 0 Å². The summed E-state index contributed by atoms with van der Waals surface area (Å²) in [5, 5.41) is 4.71. The summed E-state index contributed by atoms with van der Waals surface area (Å²) in [5.41, 5.74) is 1.30. The first-order valence-electron chi connectivity index (χ1n) is 8.60. The van der Waals surface area contributed by atoms with Crippen LogP contribution in [0.15, 0.2) is 0 Å². The Kier molecular flexibility index (Phi) is 6.49. The highest BCUT2D eigenvalue weighted by Crippen LogP contribution is 2.32. The minimum Gasteiger partial charge on any atom is -0.348 e. The molecule has 1 aromatic heterocycles. The highest BCUT2D eigenvalue weighted by atomic mass is 32.1. The molecule has 1 unspecified atom stereocenters. The van der Waals surface area contributed by atoms with E-state index in [-0.39, 0.29) is 0 Å². The molecule has 0 saturated carbocycles. The van der Waals surface area contributed by atoms with Crippen molar-refractivity contribution in [2.24, 2.45) is 5.92 Å². The van der Waals surface area contributed by atoms with Gasteiger partial charge in [-0.25, -0.2) is 4.98 Å². The zero-order valence-electron chi connectivity index (χ0n) is 14.1. The average molecular weight is 310 g/mol. The number of thiazole rings is 1. The predicted molar refractivity (Wildman–Crippen MR) is 93.4 cm³/mol. The van der Waals surface area contributed by atoms with Gasteiger partial charge in [0, 0.05) is 24.5 Å². The fraction of sp³-hybridized carbons (Fsp3) is 0.824. The second kappa shape index (κ2) is 8.14. The minimum absolute atomic E-state index is 0.513. The molecule has 1 aromatic rings. The van der Waals surface area contributed by atoms with Crippen molar-refractivity contribution in [3.05, 3.63) is 10.6 Å². The van der Waals surface area contributed by atoms with Crippen LogP contribution in [0.5, 0.6) is 0 Å². The van der Waals surface area contributed by atoms with Crippen LogP contribution in [0.2, 0.25) is 0 Å². The molecular formula is C17H31N3S. The van der Waals surface area contributed by atoms with Crippen LogP contribution in [0.25, 0.3) is 0 Å². The second-order valence-corrected chi connectivity index (χ2v) is 7.49. The molecule has 21 heavy (non-hydrogen) atoms. The van der Waals surface area contributed by atoms with Crippen LogP contribution in [0.1, 0.15) is 69.9 Å². The number of hydrogen-bond donors (Lipinski definition) is 1. The summed E-state index contributed by atoms with van der Waals surface area (Å²) in [7, 11) is 0. The number of nitrogens with one attached hydrogen (secondary N) is 1. The Labute approximate surface area is 134 Å². The number of anilines is 1. The molecule has 4 heteroatoms. The van der Waals surface area contributed by atoms with Crippen molar-refractivity contribution in [2.75, 3.05) is 24.5 Å². The Balaban J connectivity index is 2.11. The smallest absolute Gasteiger partial charge is 0.185 e. The maximum absolute atomic E-state index is 4.98. The fourth-order valence-corrected chi connectivity index (χ4v) is 4.30. The van der Waals surface area contributed by atoms with Crippen LogP contribution in [0.4, 0.5) is 5.13 Å². The monoisotopic (exact) mass is 309 g/mol. The zero-order valence-corrected chi connectivity index (χ0v) is 14.9. The molecule has 1 saturated heterocycles. The molecule has 0 aromatic carbocycles. The van der Waals surface area contributed by atoms with Crippen LogP contribution < -0.4 is 10.2 Å². The molecule has 0 radical (unpaired) electrons. The van der Waals surface area contributed by atoms with Gasteiger partial charge in [-0.15, -0.1) is 11.3 Å². The molecule has 3 nitrogen and oxygen atoms in total. The van der Waals surface area contributed by atoms with Gasteiger partial charge >= 0.3 is 0 Å². The van der Waals surface area contributed by atoms with Crippen LogP contribution in [-0.4, -0.2) is 24.6 Å². The summed E-state index contributed by atoms with van der Waals surface area (Å²) < 4.78 is 0. The quantitative estimate of drug-likeness (QED) is 0.844. The van der Waals surface area contributed by atoms with E-state index >= 15 is 0 Å². The van der Waals surface area contributed by atoms with Crippen LogP contribution in [-0.2, 0) is 6.54 Å². The molecule has 2 heterocycles. The standard InChI is InChI=1S/C17H31N3S/c1-5-14-8-7-10-20(11-9-14)17-19-16(13(3)4)15(21-17)12-18-6-2/h13-14,18H,5-12H2,1-4H3. The van der Waals surface area contributed by atoms with Gasteiger partial charge in [-0.1, -0.05) is 34.1 Å². The van der Waals surface area contributed by atoms with E-state index in [2.05, 4.69) is 37.9 Å². The van der Waals surface area contributed by atoms with Gasteiger partial charge in [-0.05, 0) is 37.6 Å². The van der Waals surface area contributed by atoms with Crippen molar-refractivity contribution in [2.45, 2.75) is 65.8 Å². The topological polar surface area (TPSA) is 28.2 Å². The van der Waals surface area contributed by atoms with E-state index in [9.17, 15) is 0 Å². The lowest BCUT2D eigenvalue weighted by molar-refractivity contribution is 0.459. The zero-order chi connectivity index (χ0) is 15.2. The van der Waals surface area contributed by atoms with Crippen LogP contribution in [0.3, 0.4) is 0 Å². The summed E-state index contributed by atoms with van der Waals surface area (Å²) in [6.07, 6.45) is 5.36. The van der Waals surface area contributed by atoms with Gasteiger partial charge in [0.1, 0.15) is 0 Å².